The predicted molar refractivity (Wildman–Crippen MR) is 164 cm³/mol. The maximum absolute atomic E-state index is 12.9. The average Bonchev–Trinajstić information content (AvgIpc) is 3.24. The van der Waals surface area contributed by atoms with Crippen molar-refractivity contribution in [2.75, 3.05) is 13.2 Å². The summed E-state index contributed by atoms with van der Waals surface area (Å²) in [4.78, 5) is 16.7. The van der Waals surface area contributed by atoms with Crippen LogP contribution in [0.2, 0.25) is 0 Å². The Balaban J connectivity index is 1.86. The molecule has 1 aromatic carbocycles. The molecule has 0 saturated carbocycles. The third-order valence-electron chi connectivity index (χ3n) is 7.04. The predicted octanol–water partition coefficient (Wildman–Crippen LogP) is 6.71. The first kappa shape index (κ1) is 32.5. The summed E-state index contributed by atoms with van der Waals surface area (Å²) < 4.78 is 18.2. The Hall–Kier alpha value is -2.97. The zero-order chi connectivity index (χ0) is 30.4. The second-order valence-electron chi connectivity index (χ2n) is 12.5. The van der Waals surface area contributed by atoms with E-state index < -0.39 is 11.2 Å². The van der Waals surface area contributed by atoms with Crippen LogP contribution in [0, 0.1) is 20.8 Å². The lowest BCUT2D eigenvalue weighted by Gasteiger charge is -2.35. The van der Waals surface area contributed by atoms with Crippen LogP contribution in [0.4, 0.5) is 0 Å². The van der Waals surface area contributed by atoms with E-state index in [4.69, 9.17) is 19.3 Å². The highest BCUT2D eigenvalue weighted by atomic mass is 16.6. The fraction of sp³-hybridized carbons (Fsp3) is 0.606. The molecule has 2 aromatic rings. The van der Waals surface area contributed by atoms with Crippen molar-refractivity contribution >= 4 is 11.7 Å². The molecule has 0 aliphatic heterocycles. The summed E-state index contributed by atoms with van der Waals surface area (Å²) in [7, 11) is 0. The lowest BCUT2D eigenvalue weighted by molar-refractivity contribution is -0.156. The van der Waals surface area contributed by atoms with Crippen LogP contribution in [-0.2, 0) is 27.4 Å². The van der Waals surface area contributed by atoms with Gasteiger partial charge in [0.1, 0.15) is 22.6 Å². The number of hydrogen-bond donors (Lipinski definition) is 0. The lowest BCUT2D eigenvalue weighted by Crippen LogP contribution is -2.43. The third kappa shape index (κ3) is 9.27. The molecule has 1 heterocycles. The number of esters is 1. The number of carbonyl (C=O) groups is 1. The number of aromatic nitrogens is 3. The van der Waals surface area contributed by atoms with Crippen LogP contribution >= 0.6 is 0 Å². The summed E-state index contributed by atoms with van der Waals surface area (Å²) in [5.41, 5.74) is 4.82. The van der Waals surface area contributed by atoms with E-state index in [-0.39, 0.29) is 18.6 Å². The van der Waals surface area contributed by atoms with E-state index in [1.807, 2.05) is 34.6 Å². The fourth-order valence-electron chi connectivity index (χ4n) is 5.24. The van der Waals surface area contributed by atoms with Crippen LogP contribution in [0.3, 0.4) is 0 Å². The maximum Gasteiger partial charge on any atom is 0.320 e. The topological polar surface area (TPSA) is 78.7 Å². The lowest BCUT2D eigenvalue weighted by atomic mass is 9.97. The first-order chi connectivity index (χ1) is 19.2. The summed E-state index contributed by atoms with van der Waals surface area (Å²) in [6, 6.07) is 4.28. The molecule has 0 amide bonds. The molecular weight excluding hydrogens is 516 g/mol. The molecular formula is C33H50N4O4. The summed E-state index contributed by atoms with van der Waals surface area (Å²) in [6.45, 7) is 21.9. The highest BCUT2D eigenvalue weighted by molar-refractivity contribution is 5.72. The van der Waals surface area contributed by atoms with Crippen molar-refractivity contribution in [1.29, 1.82) is 0 Å². The Morgan fingerprint density at radius 2 is 1.71 bits per heavy atom. The highest BCUT2D eigenvalue weighted by Gasteiger charge is 2.32. The molecule has 0 N–H and O–H groups in total. The summed E-state index contributed by atoms with van der Waals surface area (Å²) in [6.07, 6.45) is 9.22. The Kier molecular flexibility index (Phi) is 11.0. The van der Waals surface area contributed by atoms with Gasteiger partial charge < -0.3 is 14.2 Å². The first-order valence-electron chi connectivity index (χ1n) is 14.9. The number of aryl methyl sites for hydroxylation is 3. The van der Waals surface area contributed by atoms with E-state index in [2.05, 4.69) is 75.0 Å². The van der Waals surface area contributed by atoms with Gasteiger partial charge in [0, 0.05) is 19.7 Å². The molecule has 8 heteroatoms. The number of hydrogen-bond acceptors (Lipinski definition) is 7. The van der Waals surface area contributed by atoms with Gasteiger partial charge in [0.15, 0.2) is 0 Å². The van der Waals surface area contributed by atoms with Gasteiger partial charge in [0.25, 0.3) is 0 Å². The number of rotatable bonds is 13. The highest BCUT2D eigenvalue weighted by Crippen LogP contribution is 2.32. The SMILES string of the molecule is CCOC(CC)C(C)(C)Oc1c(C)cc(CN(CC(=O)OC(C)(C)C)Cc2nn(C3=CCCC=C3)nc2C)cc1C. The normalized spacial score (nSPS) is 14.8. The van der Waals surface area contributed by atoms with E-state index in [0.29, 0.717) is 19.7 Å². The molecule has 0 radical (unpaired) electrons. The molecule has 1 aromatic heterocycles. The Morgan fingerprint density at radius 3 is 2.27 bits per heavy atom. The standard InChI is InChI=1S/C33H50N4O4/c1-11-29(39-12-2)33(9,10)41-31-23(3)18-26(19-24(31)4)20-36(22-30(38)40-32(6,7)8)21-28-25(5)34-37(35-28)27-16-14-13-15-17-27/h14,16-19,29H,11-13,15,20-22H2,1-10H3. The summed E-state index contributed by atoms with van der Waals surface area (Å²) in [5, 5.41) is 9.44. The number of ether oxygens (including phenoxy) is 3. The van der Waals surface area contributed by atoms with Gasteiger partial charge in [-0.15, -0.1) is 0 Å². The number of benzene rings is 1. The largest absolute Gasteiger partial charge is 0.485 e. The molecule has 226 valence electrons. The van der Waals surface area contributed by atoms with Crippen LogP contribution in [0.5, 0.6) is 5.75 Å². The van der Waals surface area contributed by atoms with Crippen LogP contribution in [0.1, 0.15) is 95.8 Å². The van der Waals surface area contributed by atoms with Crippen molar-refractivity contribution < 1.29 is 19.0 Å². The number of allylic oxidation sites excluding steroid dienone is 4. The van der Waals surface area contributed by atoms with Crippen LogP contribution in [-0.4, -0.2) is 56.3 Å². The van der Waals surface area contributed by atoms with Crippen molar-refractivity contribution in [3.8, 4) is 5.75 Å². The maximum atomic E-state index is 12.9. The van der Waals surface area contributed by atoms with Gasteiger partial charge in [-0.1, -0.05) is 31.2 Å². The first-order valence-corrected chi connectivity index (χ1v) is 14.9. The zero-order valence-electron chi connectivity index (χ0n) is 26.8. The molecule has 1 aliphatic rings. The van der Waals surface area contributed by atoms with Crippen LogP contribution in [0.25, 0.3) is 5.70 Å². The van der Waals surface area contributed by atoms with Crippen molar-refractivity contribution in [3.63, 3.8) is 0 Å². The quantitative estimate of drug-likeness (QED) is 0.249. The molecule has 8 nitrogen and oxygen atoms in total. The van der Waals surface area contributed by atoms with Gasteiger partial charge in [-0.3, -0.25) is 9.69 Å². The molecule has 1 unspecified atom stereocenters. The van der Waals surface area contributed by atoms with E-state index in [9.17, 15) is 4.79 Å². The van der Waals surface area contributed by atoms with Crippen molar-refractivity contribution in [3.05, 3.63) is 58.4 Å². The minimum absolute atomic E-state index is 0.00758. The molecule has 1 atom stereocenters. The minimum atomic E-state index is -0.557. The summed E-state index contributed by atoms with van der Waals surface area (Å²) in [5.74, 6) is 0.611. The molecule has 0 bridgehead atoms. The van der Waals surface area contributed by atoms with E-state index in [0.717, 1.165) is 58.8 Å². The zero-order valence-corrected chi connectivity index (χ0v) is 26.8. The van der Waals surface area contributed by atoms with Crippen molar-refractivity contribution in [1.82, 2.24) is 19.9 Å². The van der Waals surface area contributed by atoms with Crippen LogP contribution < -0.4 is 4.74 Å². The molecule has 1 aliphatic carbocycles. The minimum Gasteiger partial charge on any atom is -0.485 e. The number of nitrogens with zero attached hydrogens (tertiary/aromatic N) is 4. The average molecular weight is 567 g/mol. The fourth-order valence-corrected chi connectivity index (χ4v) is 5.24. The van der Waals surface area contributed by atoms with Crippen molar-refractivity contribution in [2.24, 2.45) is 0 Å². The van der Waals surface area contributed by atoms with Gasteiger partial charge in [-0.2, -0.15) is 15.0 Å². The molecule has 0 spiro atoms. The monoisotopic (exact) mass is 566 g/mol. The molecule has 0 saturated heterocycles. The smallest absolute Gasteiger partial charge is 0.320 e. The second kappa shape index (κ2) is 13.8. The summed E-state index contributed by atoms with van der Waals surface area (Å²) >= 11 is 0. The van der Waals surface area contributed by atoms with Gasteiger partial charge >= 0.3 is 5.97 Å². The van der Waals surface area contributed by atoms with Crippen LogP contribution in [0.15, 0.2) is 30.4 Å². The van der Waals surface area contributed by atoms with Crippen molar-refractivity contribution in [2.45, 2.75) is 119 Å². The molecule has 41 heavy (non-hydrogen) atoms. The van der Waals surface area contributed by atoms with Gasteiger partial charge in [-0.25, -0.2) is 0 Å². The molecule has 0 fully saturated rings. The number of carbonyl (C=O) groups excluding carboxylic acids is 1. The van der Waals surface area contributed by atoms with E-state index in [1.165, 1.54) is 0 Å². The van der Waals surface area contributed by atoms with Gasteiger partial charge in [-0.05, 0) is 104 Å². The van der Waals surface area contributed by atoms with Gasteiger partial charge in [0.05, 0.1) is 24.0 Å². The second-order valence-corrected chi connectivity index (χ2v) is 12.5. The van der Waals surface area contributed by atoms with E-state index in [1.54, 1.807) is 4.80 Å². The Morgan fingerprint density at radius 1 is 1.02 bits per heavy atom. The van der Waals surface area contributed by atoms with Gasteiger partial charge in [0.2, 0.25) is 0 Å². The molecule has 3 rings (SSSR count). The third-order valence-corrected chi connectivity index (χ3v) is 7.04. The van der Waals surface area contributed by atoms with E-state index >= 15 is 0 Å². The Labute approximate surface area is 246 Å². The Bertz CT molecular complexity index is 1230.